The molecular weight excluding hydrogens is 590 g/mol. The van der Waals surface area contributed by atoms with Gasteiger partial charge >= 0.3 is 0 Å². The predicted octanol–water partition coefficient (Wildman–Crippen LogP) is 6.66. The highest BCUT2D eigenvalue weighted by molar-refractivity contribution is 5.89. The third-order valence-electron chi connectivity index (χ3n) is 14.4. The summed E-state index contributed by atoms with van der Waals surface area (Å²) in [5, 5.41) is 4.93. The Morgan fingerprint density at radius 3 is 1.80 bits per heavy atom. The van der Waals surface area contributed by atoms with Crippen LogP contribution in [0.1, 0.15) is 112 Å². The maximum absolute atomic E-state index is 7.09. The number of nitrogens with zero attached hydrogens (tertiary/aromatic N) is 1. The zero-order chi connectivity index (χ0) is 31.6. The van der Waals surface area contributed by atoms with E-state index < -0.39 is 35.4 Å². The van der Waals surface area contributed by atoms with Gasteiger partial charge in [-0.1, -0.05) is 32.9 Å². The molecule has 0 N–H and O–H groups in total. The molecule has 0 aromatic rings. The molecule has 4 bridgehead atoms. The van der Waals surface area contributed by atoms with Crippen molar-refractivity contribution in [2.45, 2.75) is 160 Å². The van der Waals surface area contributed by atoms with Crippen LogP contribution in [0, 0.1) is 53.3 Å². The second-order valence-corrected chi connectivity index (χ2v) is 17.3. The predicted molar refractivity (Wildman–Crippen MR) is 164 cm³/mol. The molecule has 11 aliphatic rings. The van der Waals surface area contributed by atoms with Crippen molar-refractivity contribution in [1.82, 2.24) is 0 Å². The van der Waals surface area contributed by atoms with Crippen molar-refractivity contribution in [3.63, 3.8) is 0 Å². The van der Waals surface area contributed by atoms with Crippen molar-refractivity contribution in [3.05, 3.63) is 0 Å². The fourth-order valence-corrected chi connectivity index (χ4v) is 11.4. The van der Waals surface area contributed by atoms with Gasteiger partial charge in [-0.05, 0) is 107 Å². The van der Waals surface area contributed by atoms with Crippen LogP contribution in [0.25, 0.3) is 0 Å². The van der Waals surface area contributed by atoms with Gasteiger partial charge in [-0.3, -0.25) is 0 Å². The topological polar surface area (TPSA) is 95.4 Å². The van der Waals surface area contributed by atoms with E-state index in [4.69, 9.17) is 48.5 Å². The van der Waals surface area contributed by atoms with Gasteiger partial charge in [0.25, 0.3) is 0 Å². The maximum atomic E-state index is 7.09. The van der Waals surface area contributed by atoms with Crippen LogP contribution in [-0.2, 0) is 43.3 Å². The molecule has 0 aromatic heterocycles. The van der Waals surface area contributed by atoms with E-state index in [0.717, 1.165) is 50.7 Å². The summed E-state index contributed by atoms with van der Waals surface area (Å²) in [5.74, 6) is 1.50. The Bertz CT molecular complexity index is 1230. The molecular formula is C36H55NO9. The minimum Gasteiger partial charge on any atom is -0.395 e. The Morgan fingerprint density at radius 2 is 1.22 bits per heavy atom. The fourth-order valence-electron chi connectivity index (χ4n) is 11.4. The van der Waals surface area contributed by atoms with Crippen molar-refractivity contribution in [2.75, 3.05) is 6.61 Å². The average molecular weight is 646 g/mol. The molecule has 3 saturated carbocycles. The number of oxime groups is 1. The largest absolute Gasteiger partial charge is 0.395 e. The van der Waals surface area contributed by atoms with E-state index in [1.807, 2.05) is 13.8 Å². The summed E-state index contributed by atoms with van der Waals surface area (Å²) < 4.78 is 27.5. The number of hydrogen-bond donors (Lipinski definition) is 0. The normalized spacial score (nSPS) is 57.7. The second kappa shape index (κ2) is 10.8. The van der Waals surface area contributed by atoms with Crippen molar-refractivity contribution in [2.24, 2.45) is 58.4 Å². The van der Waals surface area contributed by atoms with Gasteiger partial charge in [-0.25, -0.2) is 19.6 Å². The Balaban J connectivity index is 1.04. The van der Waals surface area contributed by atoms with Crippen LogP contribution < -0.4 is 0 Å². The monoisotopic (exact) mass is 645 g/mol. The number of fused-ring (bicyclic) bond motifs is 4. The van der Waals surface area contributed by atoms with Gasteiger partial charge in [0.15, 0.2) is 23.8 Å². The van der Waals surface area contributed by atoms with Crippen molar-refractivity contribution in [3.8, 4) is 0 Å². The van der Waals surface area contributed by atoms with Gasteiger partial charge in [0, 0.05) is 31.1 Å². The molecule has 0 amide bonds. The first-order chi connectivity index (χ1) is 22.1. The summed E-state index contributed by atoms with van der Waals surface area (Å²) in [6, 6.07) is 0. The highest BCUT2D eigenvalue weighted by Crippen LogP contribution is 2.63. The summed E-state index contributed by atoms with van der Waals surface area (Å²) in [5.41, 5.74) is -0.291. The van der Waals surface area contributed by atoms with Crippen LogP contribution in [0.4, 0.5) is 0 Å². The number of ether oxygens (including phenoxy) is 4. The van der Waals surface area contributed by atoms with E-state index in [0.29, 0.717) is 42.6 Å². The first kappa shape index (κ1) is 31.2. The lowest BCUT2D eigenvalue weighted by Crippen LogP contribution is -2.71. The third kappa shape index (κ3) is 4.53. The molecule has 16 atom stereocenters. The lowest BCUT2D eigenvalue weighted by molar-refractivity contribution is -0.571. The van der Waals surface area contributed by atoms with Crippen LogP contribution >= 0.6 is 0 Å². The molecule has 0 aromatic carbocycles. The van der Waals surface area contributed by atoms with Gasteiger partial charge in [-0.15, -0.1) is 0 Å². The quantitative estimate of drug-likeness (QED) is 0.179. The van der Waals surface area contributed by atoms with E-state index in [1.165, 1.54) is 19.3 Å². The van der Waals surface area contributed by atoms with Crippen molar-refractivity contribution in [1.29, 1.82) is 0 Å². The summed E-state index contributed by atoms with van der Waals surface area (Å²) in [6.07, 6.45) is 9.69. The zero-order valence-corrected chi connectivity index (χ0v) is 28.6. The standard InChI is InChI=1S/C36H55NO9/c1-19-7-11-26-21(3)29(39-31-35(26)24(19)13-15-33(5,41-31)43-45-35)17-28(37-38-18-23-9-10-23)30-22(4)27-12-8-20(2)25-14-16-34(6)42-32(40-30)36(25,27)46-44-34/h19-27,29-32H,7-18H2,1-6H3/b37-28-/t19-,20-,21-,22-,24+,25+,26+,27+,29-,30+,31-,32-,33?,34?,35-,36-/m1/s1. The molecule has 258 valence electrons. The fraction of sp³-hybridized carbons (Fsp3) is 0.972. The lowest BCUT2D eigenvalue weighted by Gasteiger charge is -2.61. The maximum Gasteiger partial charge on any atom is 0.201 e. The average Bonchev–Trinajstić information content (AvgIpc) is 3.89. The van der Waals surface area contributed by atoms with E-state index in [-0.39, 0.29) is 35.9 Å². The van der Waals surface area contributed by atoms with Crippen molar-refractivity contribution < 1.29 is 43.3 Å². The van der Waals surface area contributed by atoms with Gasteiger partial charge in [0.2, 0.25) is 11.6 Å². The van der Waals surface area contributed by atoms with Crippen LogP contribution in [0.2, 0.25) is 0 Å². The smallest absolute Gasteiger partial charge is 0.201 e. The highest BCUT2D eigenvalue weighted by Gasteiger charge is 2.71. The number of rotatable bonds is 6. The van der Waals surface area contributed by atoms with Crippen LogP contribution in [0.3, 0.4) is 0 Å². The van der Waals surface area contributed by atoms with Crippen LogP contribution in [0.5, 0.6) is 0 Å². The highest BCUT2D eigenvalue weighted by atomic mass is 17.3. The lowest BCUT2D eigenvalue weighted by atomic mass is 9.56. The Morgan fingerprint density at radius 1 is 0.652 bits per heavy atom. The van der Waals surface area contributed by atoms with E-state index in [9.17, 15) is 0 Å². The number of hydrogen-bond acceptors (Lipinski definition) is 10. The van der Waals surface area contributed by atoms with E-state index in [1.54, 1.807) is 0 Å². The second-order valence-electron chi connectivity index (χ2n) is 17.3. The molecule has 2 spiro atoms. The summed E-state index contributed by atoms with van der Waals surface area (Å²) in [7, 11) is 0. The van der Waals surface area contributed by atoms with E-state index >= 15 is 0 Å². The Hall–Kier alpha value is -0.850. The third-order valence-corrected chi connectivity index (χ3v) is 14.4. The minimum atomic E-state index is -0.819. The Kier molecular flexibility index (Phi) is 7.33. The first-order valence-electron chi connectivity index (χ1n) is 18.6. The van der Waals surface area contributed by atoms with Crippen LogP contribution in [-0.4, -0.2) is 59.9 Å². The summed E-state index contributed by atoms with van der Waals surface area (Å²) in [6.45, 7) is 14.0. The first-order valence-corrected chi connectivity index (χ1v) is 18.6. The molecule has 8 aliphatic heterocycles. The molecule has 0 radical (unpaired) electrons. The summed E-state index contributed by atoms with van der Waals surface area (Å²) in [4.78, 5) is 31.2. The molecule has 10 nitrogen and oxygen atoms in total. The molecule has 3 aliphatic carbocycles. The molecule has 46 heavy (non-hydrogen) atoms. The summed E-state index contributed by atoms with van der Waals surface area (Å²) >= 11 is 0. The van der Waals surface area contributed by atoms with Crippen molar-refractivity contribution >= 4 is 5.71 Å². The molecule has 2 unspecified atom stereocenters. The molecule has 11 rings (SSSR count). The Labute approximate surface area is 273 Å². The van der Waals surface area contributed by atoms with Gasteiger partial charge in [0.05, 0.1) is 11.8 Å². The molecule has 8 saturated heterocycles. The van der Waals surface area contributed by atoms with E-state index in [2.05, 4.69) is 27.7 Å². The van der Waals surface area contributed by atoms with Gasteiger partial charge in [0.1, 0.15) is 12.7 Å². The van der Waals surface area contributed by atoms with Gasteiger partial charge < -0.3 is 23.8 Å². The SMILES string of the molecule is C[C@H]1[C@@H](/C(C[C@H]2O[C@@H]3OC4(C)CC[C@H]5[C@H](C)CC[C@@H]([C@H]2C)[C@@]35OO4)=N\OCC2CC2)O[C@@H]2OC3(C)CC[C@H]4[C@H](C)CC[C@@H]1[C@@]24OO3. The molecule has 11 fully saturated rings. The minimum absolute atomic E-state index is 0.126. The molecule has 8 heterocycles. The zero-order valence-electron chi connectivity index (χ0n) is 28.6. The van der Waals surface area contributed by atoms with Gasteiger partial charge in [-0.2, -0.15) is 0 Å². The molecule has 10 heteroatoms. The van der Waals surface area contributed by atoms with Crippen LogP contribution in [0.15, 0.2) is 5.16 Å².